The van der Waals surface area contributed by atoms with Crippen LogP contribution in [0.2, 0.25) is 5.02 Å². The molecule has 0 aliphatic heterocycles. The maximum Gasteiger partial charge on any atom is 0.223 e. The van der Waals surface area contributed by atoms with Gasteiger partial charge in [-0.15, -0.1) is 0 Å². The second kappa shape index (κ2) is 7.38. The highest BCUT2D eigenvalue weighted by Gasteiger charge is 2.29. The molecule has 0 atom stereocenters. The van der Waals surface area contributed by atoms with Gasteiger partial charge in [-0.25, -0.2) is 4.98 Å². The molecule has 4 rings (SSSR count). The number of imidazole rings is 1. The lowest BCUT2D eigenvalue weighted by Crippen LogP contribution is -2.26. The lowest BCUT2D eigenvalue weighted by atomic mass is 10.3. The third-order valence-electron chi connectivity index (χ3n) is 4.51. The van der Waals surface area contributed by atoms with Crippen LogP contribution in [-0.4, -0.2) is 22.1 Å². The van der Waals surface area contributed by atoms with E-state index < -0.39 is 0 Å². The normalized spacial score (nSPS) is 13.7. The van der Waals surface area contributed by atoms with E-state index in [9.17, 15) is 4.79 Å². The van der Waals surface area contributed by atoms with Crippen LogP contribution in [0.1, 0.15) is 18.7 Å². The first kappa shape index (κ1) is 16.9. The number of rotatable bonds is 7. The summed E-state index contributed by atoms with van der Waals surface area (Å²) in [6.45, 7) is 1.52. The Bertz CT molecular complexity index is 934. The Morgan fingerprint density at radius 1 is 1.19 bits per heavy atom. The SMILES string of the molecule is O=C(NCc1nc2ccccc2n1CCOc1ccccc1Cl)C1CC1. The molecule has 1 amide bonds. The van der Waals surface area contributed by atoms with Gasteiger partial charge >= 0.3 is 0 Å². The van der Waals surface area contributed by atoms with Crippen molar-refractivity contribution in [3.63, 3.8) is 0 Å². The van der Waals surface area contributed by atoms with Gasteiger partial charge in [0.2, 0.25) is 5.91 Å². The quantitative estimate of drug-likeness (QED) is 0.689. The first-order chi connectivity index (χ1) is 12.7. The molecule has 0 saturated heterocycles. The molecule has 0 radical (unpaired) electrons. The number of benzene rings is 2. The Morgan fingerprint density at radius 2 is 1.96 bits per heavy atom. The number of nitrogens with zero attached hydrogens (tertiary/aromatic N) is 2. The summed E-state index contributed by atoms with van der Waals surface area (Å²) in [7, 11) is 0. The van der Waals surface area contributed by atoms with Gasteiger partial charge in [-0.05, 0) is 37.1 Å². The van der Waals surface area contributed by atoms with Gasteiger partial charge in [0, 0.05) is 5.92 Å². The summed E-state index contributed by atoms with van der Waals surface area (Å²) < 4.78 is 7.92. The molecule has 26 heavy (non-hydrogen) atoms. The average Bonchev–Trinajstić information content (AvgIpc) is 3.44. The highest BCUT2D eigenvalue weighted by atomic mass is 35.5. The number of halogens is 1. The van der Waals surface area contributed by atoms with Crippen molar-refractivity contribution in [2.24, 2.45) is 5.92 Å². The van der Waals surface area contributed by atoms with Gasteiger partial charge in [-0.2, -0.15) is 0 Å². The van der Waals surface area contributed by atoms with Gasteiger partial charge in [-0.1, -0.05) is 35.9 Å². The Hall–Kier alpha value is -2.53. The monoisotopic (exact) mass is 369 g/mol. The molecule has 0 spiro atoms. The van der Waals surface area contributed by atoms with E-state index in [2.05, 4.69) is 14.9 Å². The van der Waals surface area contributed by atoms with Gasteiger partial charge in [0.15, 0.2) is 0 Å². The van der Waals surface area contributed by atoms with E-state index in [1.807, 2.05) is 48.5 Å². The van der Waals surface area contributed by atoms with Crippen LogP contribution in [0.5, 0.6) is 5.75 Å². The van der Waals surface area contributed by atoms with E-state index in [0.29, 0.717) is 30.5 Å². The maximum absolute atomic E-state index is 12.0. The summed E-state index contributed by atoms with van der Waals surface area (Å²) in [6, 6.07) is 15.4. The maximum atomic E-state index is 12.0. The minimum atomic E-state index is 0.121. The fourth-order valence-electron chi connectivity index (χ4n) is 2.97. The zero-order valence-electron chi connectivity index (χ0n) is 14.3. The number of ether oxygens (including phenoxy) is 1. The lowest BCUT2D eigenvalue weighted by molar-refractivity contribution is -0.122. The average molecular weight is 370 g/mol. The molecular weight excluding hydrogens is 350 g/mol. The van der Waals surface area contributed by atoms with E-state index in [1.54, 1.807) is 0 Å². The molecule has 1 aliphatic rings. The molecule has 1 heterocycles. The number of hydrogen-bond acceptors (Lipinski definition) is 3. The van der Waals surface area contributed by atoms with Crippen LogP contribution >= 0.6 is 11.6 Å². The van der Waals surface area contributed by atoms with E-state index in [1.165, 1.54) is 0 Å². The number of fused-ring (bicyclic) bond motifs is 1. The summed E-state index contributed by atoms with van der Waals surface area (Å²) in [5, 5.41) is 3.59. The summed E-state index contributed by atoms with van der Waals surface area (Å²) in [5.74, 6) is 1.82. The molecule has 1 saturated carbocycles. The highest BCUT2D eigenvalue weighted by Crippen LogP contribution is 2.29. The zero-order valence-corrected chi connectivity index (χ0v) is 15.1. The fourth-order valence-corrected chi connectivity index (χ4v) is 3.16. The third kappa shape index (κ3) is 3.68. The molecule has 1 aromatic heterocycles. The smallest absolute Gasteiger partial charge is 0.223 e. The summed E-state index contributed by atoms with van der Waals surface area (Å²) in [6.07, 6.45) is 1.99. The van der Waals surface area contributed by atoms with Gasteiger partial charge in [-0.3, -0.25) is 4.79 Å². The van der Waals surface area contributed by atoms with Gasteiger partial charge in [0.1, 0.15) is 18.2 Å². The molecule has 1 aliphatic carbocycles. The standard InChI is InChI=1S/C20H20ClN3O2/c21-15-5-1-4-8-18(15)26-12-11-24-17-7-3-2-6-16(17)23-19(24)13-22-20(25)14-9-10-14/h1-8,14H,9-13H2,(H,22,25). The van der Waals surface area contributed by atoms with Crippen LogP contribution in [-0.2, 0) is 17.9 Å². The molecular formula is C20H20ClN3O2. The van der Waals surface area contributed by atoms with Crippen LogP contribution in [0, 0.1) is 5.92 Å². The van der Waals surface area contributed by atoms with E-state index in [4.69, 9.17) is 16.3 Å². The highest BCUT2D eigenvalue weighted by molar-refractivity contribution is 6.32. The van der Waals surface area contributed by atoms with Gasteiger partial charge < -0.3 is 14.6 Å². The Balaban J connectivity index is 1.49. The van der Waals surface area contributed by atoms with Crippen LogP contribution < -0.4 is 10.1 Å². The van der Waals surface area contributed by atoms with E-state index >= 15 is 0 Å². The Morgan fingerprint density at radius 3 is 2.77 bits per heavy atom. The minimum Gasteiger partial charge on any atom is -0.490 e. The third-order valence-corrected chi connectivity index (χ3v) is 4.82. The molecule has 6 heteroatoms. The molecule has 3 aromatic rings. The molecule has 2 aromatic carbocycles. The number of para-hydroxylation sites is 3. The first-order valence-corrected chi connectivity index (χ1v) is 9.19. The number of amides is 1. The van der Waals surface area contributed by atoms with Crippen LogP contribution in [0.25, 0.3) is 11.0 Å². The Kier molecular flexibility index (Phi) is 4.80. The number of nitrogens with one attached hydrogen (secondary N) is 1. The topological polar surface area (TPSA) is 56.2 Å². The molecule has 134 valence electrons. The van der Waals surface area contributed by atoms with Gasteiger partial charge in [0.25, 0.3) is 0 Å². The second-order valence-electron chi connectivity index (χ2n) is 6.44. The van der Waals surface area contributed by atoms with Crippen molar-refractivity contribution < 1.29 is 9.53 Å². The molecule has 0 unspecified atom stereocenters. The van der Waals surface area contributed by atoms with Crippen molar-refractivity contribution >= 4 is 28.5 Å². The van der Waals surface area contributed by atoms with Crippen molar-refractivity contribution in [1.82, 2.24) is 14.9 Å². The number of carbonyl (C=O) groups is 1. The summed E-state index contributed by atoms with van der Waals surface area (Å²) in [5.41, 5.74) is 1.95. The largest absolute Gasteiger partial charge is 0.490 e. The van der Waals surface area contributed by atoms with Crippen molar-refractivity contribution in [2.45, 2.75) is 25.9 Å². The predicted octanol–water partition coefficient (Wildman–Crippen LogP) is 3.79. The van der Waals surface area contributed by atoms with Crippen LogP contribution in [0.4, 0.5) is 0 Å². The second-order valence-corrected chi connectivity index (χ2v) is 6.85. The number of hydrogen-bond donors (Lipinski definition) is 1. The molecule has 1 N–H and O–H groups in total. The number of aromatic nitrogens is 2. The van der Waals surface area contributed by atoms with E-state index in [0.717, 1.165) is 29.7 Å². The predicted molar refractivity (Wildman–Crippen MR) is 101 cm³/mol. The summed E-state index contributed by atoms with van der Waals surface area (Å²) in [4.78, 5) is 16.6. The summed E-state index contributed by atoms with van der Waals surface area (Å²) >= 11 is 6.14. The molecule has 5 nitrogen and oxygen atoms in total. The van der Waals surface area contributed by atoms with Crippen molar-refractivity contribution in [2.75, 3.05) is 6.61 Å². The van der Waals surface area contributed by atoms with Crippen molar-refractivity contribution in [3.05, 3.63) is 59.4 Å². The lowest BCUT2D eigenvalue weighted by Gasteiger charge is -2.12. The van der Waals surface area contributed by atoms with Crippen LogP contribution in [0.3, 0.4) is 0 Å². The van der Waals surface area contributed by atoms with Gasteiger partial charge in [0.05, 0.1) is 29.1 Å². The number of carbonyl (C=O) groups excluding carboxylic acids is 1. The Labute approximate surface area is 156 Å². The van der Waals surface area contributed by atoms with E-state index in [-0.39, 0.29) is 11.8 Å². The fraction of sp³-hybridized carbons (Fsp3) is 0.300. The molecule has 1 fully saturated rings. The molecule has 0 bridgehead atoms. The minimum absolute atomic E-state index is 0.121. The van der Waals surface area contributed by atoms with Crippen LogP contribution in [0.15, 0.2) is 48.5 Å². The van der Waals surface area contributed by atoms with Crippen molar-refractivity contribution in [1.29, 1.82) is 0 Å². The van der Waals surface area contributed by atoms with Crippen molar-refractivity contribution in [3.8, 4) is 5.75 Å². The zero-order chi connectivity index (χ0) is 17.9. The first-order valence-electron chi connectivity index (χ1n) is 8.81.